The van der Waals surface area contributed by atoms with E-state index in [0.29, 0.717) is 12.4 Å². The molecule has 0 aliphatic carbocycles. The van der Waals surface area contributed by atoms with E-state index in [1.807, 2.05) is 74.5 Å². The minimum Gasteiger partial charge on any atom is -0.345 e. The molecule has 3 aromatic carbocycles. The van der Waals surface area contributed by atoms with E-state index in [9.17, 15) is 4.79 Å². The zero-order chi connectivity index (χ0) is 21.1. The van der Waals surface area contributed by atoms with Crippen LogP contribution < -0.4 is 5.32 Å². The van der Waals surface area contributed by atoms with Gasteiger partial charge in [-0.1, -0.05) is 70.5 Å². The van der Waals surface area contributed by atoms with Crippen molar-refractivity contribution in [1.82, 2.24) is 20.1 Å². The van der Waals surface area contributed by atoms with Gasteiger partial charge in [-0.15, -0.1) is 5.10 Å². The highest BCUT2D eigenvalue weighted by Crippen LogP contribution is 2.25. The summed E-state index contributed by atoms with van der Waals surface area (Å²) in [5, 5.41) is 7.48. The van der Waals surface area contributed by atoms with Crippen LogP contribution in [-0.4, -0.2) is 20.7 Å². The van der Waals surface area contributed by atoms with Crippen LogP contribution in [0.5, 0.6) is 0 Å². The van der Waals surface area contributed by atoms with Crippen LogP contribution in [0.1, 0.15) is 27.3 Å². The second-order valence-electron chi connectivity index (χ2n) is 7.14. The first-order chi connectivity index (χ1) is 14.5. The van der Waals surface area contributed by atoms with Gasteiger partial charge in [0.05, 0.1) is 5.69 Å². The van der Waals surface area contributed by atoms with E-state index in [1.165, 1.54) is 0 Å². The first-order valence-electron chi connectivity index (χ1n) is 9.64. The van der Waals surface area contributed by atoms with E-state index >= 15 is 0 Å². The number of hydrogen-bond donors (Lipinski definition) is 1. The molecule has 0 spiro atoms. The quantitative estimate of drug-likeness (QED) is 0.442. The first-order valence-corrected chi connectivity index (χ1v) is 10.4. The Balaban J connectivity index is 1.73. The van der Waals surface area contributed by atoms with Gasteiger partial charge in [0.25, 0.3) is 5.91 Å². The number of halogens is 1. The van der Waals surface area contributed by atoms with Crippen molar-refractivity contribution in [3.63, 3.8) is 0 Å². The van der Waals surface area contributed by atoms with Crippen LogP contribution in [0.4, 0.5) is 0 Å². The second-order valence-corrected chi connectivity index (χ2v) is 8.05. The molecule has 0 bridgehead atoms. The highest BCUT2D eigenvalue weighted by molar-refractivity contribution is 9.10. The molecule has 0 aliphatic heterocycles. The van der Waals surface area contributed by atoms with Gasteiger partial charge in [-0.25, -0.2) is 9.67 Å². The highest BCUT2D eigenvalue weighted by Gasteiger charge is 2.19. The molecule has 0 fully saturated rings. The van der Waals surface area contributed by atoms with Crippen LogP contribution in [0.15, 0.2) is 77.3 Å². The van der Waals surface area contributed by atoms with E-state index in [-0.39, 0.29) is 11.7 Å². The van der Waals surface area contributed by atoms with E-state index in [2.05, 4.69) is 43.5 Å². The minimum absolute atomic E-state index is 0.143. The second kappa shape index (κ2) is 8.63. The Morgan fingerprint density at radius 1 is 1.00 bits per heavy atom. The average molecular weight is 461 g/mol. The number of benzene rings is 3. The lowest BCUT2D eigenvalue weighted by Crippen LogP contribution is -2.24. The zero-order valence-electron chi connectivity index (χ0n) is 16.8. The van der Waals surface area contributed by atoms with Gasteiger partial charge in [-0.05, 0) is 48.7 Å². The molecule has 30 heavy (non-hydrogen) atoms. The number of carbonyl (C=O) groups is 1. The number of rotatable bonds is 5. The maximum Gasteiger partial charge on any atom is 0.291 e. The standard InChI is InChI=1S/C24H21BrN4O/c1-16-8-9-17(2)21(14-16)29-23(19-10-12-20(25)13-11-19)27-22(28-29)24(30)26-15-18-6-4-3-5-7-18/h3-14H,15H2,1-2H3,(H,26,30). The first kappa shape index (κ1) is 20.0. The fraction of sp³-hybridized carbons (Fsp3) is 0.125. The SMILES string of the molecule is Cc1ccc(C)c(-n2nc(C(=O)NCc3ccccc3)nc2-c2ccc(Br)cc2)c1. The molecule has 0 unspecified atom stereocenters. The molecule has 1 N–H and O–H groups in total. The smallest absolute Gasteiger partial charge is 0.291 e. The summed E-state index contributed by atoms with van der Waals surface area (Å²) in [6.07, 6.45) is 0. The summed E-state index contributed by atoms with van der Waals surface area (Å²) in [5.41, 5.74) is 4.98. The van der Waals surface area contributed by atoms with Gasteiger partial charge < -0.3 is 5.32 Å². The number of amides is 1. The van der Waals surface area contributed by atoms with Crippen molar-refractivity contribution in [2.75, 3.05) is 0 Å². The lowest BCUT2D eigenvalue weighted by Gasteiger charge is -2.10. The van der Waals surface area contributed by atoms with Crippen LogP contribution in [0.2, 0.25) is 0 Å². The number of hydrogen-bond acceptors (Lipinski definition) is 3. The van der Waals surface area contributed by atoms with Gasteiger partial charge in [0.15, 0.2) is 5.82 Å². The summed E-state index contributed by atoms with van der Waals surface area (Å²) < 4.78 is 2.73. The summed E-state index contributed by atoms with van der Waals surface area (Å²) in [4.78, 5) is 17.4. The molecular weight excluding hydrogens is 440 g/mol. The monoisotopic (exact) mass is 460 g/mol. The minimum atomic E-state index is -0.304. The largest absolute Gasteiger partial charge is 0.345 e. The summed E-state index contributed by atoms with van der Waals surface area (Å²) in [5.74, 6) is 0.465. The van der Waals surface area contributed by atoms with Gasteiger partial charge >= 0.3 is 0 Å². The fourth-order valence-corrected chi connectivity index (χ4v) is 3.43. The molecule has 1 aromatic heterocycles. The van der Waals surface area contributed by atoms with E-state index < -0.39 is 0 Å². The van der Waals surface area contributed by atoms with E-state index in [0.717, 1.165) is 32.4 Å². The number of aryl methyl sites for hydroxylation is 2. The number of aromatic nitrogens is 3. The molecule has 150 valence electrons. The van der Waals surface area contributed by atoms with Crippen LogP contribution in [-0.2, 0) is 6.54 Å². The molecule has 0 atom stereocenters. The normalized spacial score (nSPS) is 10.8. The van der Waals surface area contributed by atoms with Gasteiger partial charge in [-0.3, -0.25) is 4.79 Å². The Labute approximate surface area is 183 Å². The maximum atomic E-state index is 12.8. The Kier molecular flexibility index (Phi) is 5.77. The lowest BCUT2D eigenvalue weighted by molar-refractivity contribution is 0.0940. The van der Waals surface area contributed by atoms with Gasteiger partial charge in [0.1, 0.15) is 0 Å². The molecule has 0 radical (unpaired) electrons. The molecule has 0 saturated heterocycles. The topological polar surface area (TPSA) is 59.8 Å². The molecule has 4 rings (SSSR count). The van der Waals surface area contributed by atoms with Crippen molar-refractivity contribution in [3.05, 3.63) is 99.8 Å². The predicted octanol–water partition coefficient (Wildman–Crippen LogP) is 5.24. The van der Waals surface area contributed by atoms with Crippen LogP contribution >= 0.6 is 15.9 Å². The average Bonchev–Trinajstić information content (AvgIpc) is 3.20. The Bertz CT molecular complexity index is 1180. The van der Waals surface area contributed by atoms with Crippen LogP contribution in [0.25, 0.3) is 17.1 Å². The van der Waals surface area contributed by atoms with Gasteiger partial charge in [0.2, 0.25) is 5.82 Å². The molecule has 0 aliphatic rings. The molecule has 1 amide bonds. The summed E-state index contributed by atoms with van der Waals surface area (Å²) in [6, 6.07) is 23.8. The number of nitrogens with zero attached hydrogens (tertiary/aromatic N) is 3. The lowest BCUT2D eigenvalue weighted by atomic mass is 10.1. The van der Waals surface area contributed by atoms with Gasteiger partial charge in [-0.2, -0.15) is 0 Å². The van der Waals surface area contributed by atoms with Crippen LogP contribution in [0.3, 0.4) is 0 Å². The van der Waals surface area contributed by atoms with Crippen molar-refractivity contribution < 1.29 is 4.79 Å². The third-order valence-electron chi connectivity index (χ3n) is 4.80. The third kappa shape index (κ3) is 4.33. The maximum absolute atomic E-state index is 12.8. The van der Waals surface area contributed by atoms with Crippen molar-refractivity contribution in [3.8, 4) is 17.1 Å². The van der Waals surface area contributed by atoms with Crippen molar-refractivity contribution in [1.29, 1.82) is 0 Å². The Hall–Kier alpha value is -3.25. The van der Waals surface area contributed by atoms with Crippen molar-refractivity contribution >= 4 is 21.8 Å². The van der Waals surface area contributed by atoms with Gasteiger partial charge in [0, 0.05) is 16.6 Å². The molecule has 6 heteroatoms. The Morgan fingerprint density at radius 3 is 2.47 bits per heavy atom. The summed E-state index contributed by atoms with van der Waals surface area (Å²) >= 11 is 3.47. The zero-order valence-corrected chi connectivity index (χ0v) is 18.3. The molecular formula is C24H21BrN4O. The summed E-state index contributed by atoms with van der Waals surface area (Å²) in [7, 11) is 0. The summed E-state index contributed by atoms with van der Waals surface area (Å²) in [6.45, 7) is 4.48. The number of carbonyl (C=O) groups excluding carboxylic acids is 1. The molecule has 5 nitrogen and oxygen atoms in total. The fourth-order valence-electron chi connectivity index (χ4n) is 3.17. The molecule has 0 saturated carbocycles. The molecule has 1 heterocycles. The Morgan fingerprint density at radius 2 is 1.73 bits per heavy atom. The van der Waals surface area contributed by atoms with Crippen molar-refractivity contribution in [2.45, 2.75) is 20.4 Å². The van der Waals surface area contributed by atoms with E-state index in [4.69, 9.17) is 0 Å². The van der Waals surface area contributed by atoms with E-state index in [1.54, 1.807) is 4.68 Å². The molecule has 4 aromatic rings. The van der Waals surface area contributed by atoms with Crippen molar-refractivity contribution in [2.24, 2.45) is 0 Å². The predicted molar refractivity (Wildman–Crippen MR) is 122 cm³/mol. The van der Waals surface area contributed by atoms with Crippen LogP contribution in [0, 0.1) is 13.8 Å². The third-order valence-corrected chi connectivity index (χ3v) is 5.33. The number of nitrogens with one attached hydrogen (secondary N) is 1. The highest BCUT2D eigenvalue weighted by atomic mass is 79.9.